The standard InChI is InChI=1S/C14H15ClN2O/c15-13-5-3-12(4-6-13)14-11-17(9-10-18-14)8-2-1-7-16/h1-6,14H,8-11H2. The van der Waals surface area contributed by atoms with Gasteiger partial charge in [0.1, 0.15) is 0 Å². The smallest absolute Gasteiger partial charge is 0.0952 e. The van der Waals surface area contributed by atoms with Crippen LogP contribution in [0, 0.1) is 11.3 Å². The van der Waals surface area contributed by atoms with E-state index in [1.54, 1.807) is 0 Å². The number of hydrogen-bond acceptors (Lipinski definition) is 3. The van der Waals surface area contributed by atoms with Crippen LogP contribution < -0.4 is 0 Å². The van der Waals surface area contributed by atoms with Crippen molar-refractivity contribution in [3.05, 3.63) is 47.0 Å². The van der Waals surface area contributed by atoms with E-state index in [2.05, 4.69) is 4.90 Å². The zero-order valence-electron chi connectivity index (χ0n) is 10.1. The number of rotatable bonds is 3. The Kier molecular flexibility index (Phi) is 4.77. The van der Waals surface area contributed by atoms with Gasteiger partial charge in [0.15, 0.2) is 0 Å². The van der Waals surface area contributed by atoms with Crippen LogP contribution in [-0.2, 0) is 4.74 Å². The molecule has 0 saturated carbocycles. The van der Waals surface area contributed by atoms with E-state index in [1.807, 2.05) is 36.4 Å². The molecule has 1 atom stereocenters. The van der Waals surface area contributed by atoms with E-state index in [-0.39, 0.29) is 6.10 Å². The Morgan fingerprint density at radius 3 is 2.94 bits per heavy atom. The lowest BCUT2D eigenvalue weighted by atomic mass is 10.1. The minimum absolute atomic E-state index is 0.0894. The molecule has 2 rings (SSSR count). The molecule has 1 unspecified atom stereocenters. The number of hydrogen-bond donors (Lipinski definition) is 0. The van der Waals surface area contributed by atoms with Crippen molar-refractivity contribution in [2.45, 2.75) is 6.10 Å². The molecule has 94 valence electrons. The van der Waals surface area contributed by atoms with Crippen molar-refractivity contribution >= 4 is 11.6 Å². The summed E-state index contributed by atoms with van der Waals surface area (Å²) in [6.45, 7) is 3.26. The Morgan fingerprint density at radius 1 is 1.44 bits per heavy atom. The maximum atomic E-state index is 8.46. The van der Waals surface area contributed by atoms with Gasteiger partial charge in [0.25, 0.3) is 0 Å². The lowest BCUT2D eigenvalue weighted by Gasteiger charge is -2.32. The highest BCUT2D eigenvalue weighted by Crippen LogP contribution is 2.23. The van der Waals surface area contributed by atoms with Gasteiger partial charge in [-0.2, -0.15) is 5.26 Å². The molecule has 1 fully saturated rings. The molecule has 0 aromatic heterocycles. The van der Waals surface area contributed by atoms with Crippen molar-refractivity contribution in [3.63, 3.8) is 0 Å². The maximum Gasteiger partial charge on any atom is 0.0952 e. The fourth-order valence-electron chi connectivity index (χ4n) is 2.00. The van der Waals surface area contributed by atoms with Crippen molar-refractivity contribution in [2.24, 2.45) is 0 Å². The van der Waals surface area contributed by atoms with Crippen LogP contribution in [0.1, 0.15) is 11.7 Å². The Morgan fingerprint density at radius 2 is 2.22 bits per heavy atom. The van der Waals surface area contributed by atoms with Crippen molar-refractivity contribution < 1.29 is 4.74 Å². The van der Waals surface area contributed by atoms with Crippen molar-refractivity contribution in [1.82, 2.24) is 4.90 Å². The molecule has 1 aliphatic rings. The largest absolute Gasteiger partial charge is 0.371 e. The zero-order chi connectivity index (χ0) is 12.8. The van der Waals surface area contributed by atoms with Crippen LogP contribution >= 0.6 is 11.6 Å². The fourth-order valence-corrected chi connectivity index (χ4v) is 2.13. The summed E-state index contributed by atoms with van der Waals surface area (Å²) in [6.07, 6.45) is 3.49. The normalized spacial score (nSPS) is 21.0. The summed E-state index contributed by atoms with van der Waals surface area (Å²) in [7, 11) is 0. The van der Waals surface area contributed by atoms with Gasteiger partial charge in [-0.25, -0.2) is 0 Å². The molecule has 4 heteroatoms. The van der Waals surface area contributed by atoms with Crippen molar-refractivity contribution in [1.29, 1.82) is 5.26 Å². The van der Waals surface area contributed by atoms with E-state index >= 15 is 0 Å². The predicted octanol–water partition coefficient (Wildman–Crippen LogP) is 2.79. The Labute approximate surface area is 112 Å². The summed E-state index contributed by atoms with van der Waals surface area (Å²) in [5.74, 6) is 0. The predicted molar refractivity (Wildman–Crippen MR) is 71.3 cm³/mol. The van der Waals surface area contributed by atoms with Crippen LogP contribution in [0.3, 0.4) is 0 Å². The number of ether oxygens (including phenoxy) is 1. The summed E-state index contributed by atoms with van der Waals surface area (Å²) < 4.78 is 5.77. The Bertz CT molecular complexity index is 450. The maximum absolute atomic E-state index is 8.46. The van der Waals surface area contributed by atoms with E-state index in [0.29, 0.717) is 6.61 Å². The first-order valence-corrected chi connectivity index (χ1v) is 6.31. The number of benzene rings is 1. The molecule has 0 amide bonds. The quantitative estimate of drug-likeness (QED) is 0.786. The van der Waals surface area contributed by atoms with Crippen molar-refractivity contribution in [3.8, 4) is 6.07 Å². The zero-order valence-corrected chi connectivity index (χ0v) is 10.8. The van der Waals surface area contributed by atoms with Crippen LogP contribution in [0.4, 0.5) is 0 Å². The second-order valence-corrected chi connectivity index (χ2v) is 4.64. The summed E-state index contributed by atoms with van der Waals surface area (Å²) >= 11 is 5.87. The number of morpholine rings is 1. The van der Waals surface area contributed by atoms with Gasteiger partial charge in [0, 0.05) is 30.7 Å². The van der Waals surface area contributed by atoms with Gasteiger partial charge in [-0.1, -0.05) is 29.8 Å². The summed E-state index contributed by atoms with van der Waals surface area (Å²) in [6, 6.07) is 9.77. The first kappa shape index (κ1) is 13.1. The average molecular weight is 263 g/mol. The number of halogens is 1. The van der Waals surface area contributed by atoms with Gasteiger partial charge in [0.05, 0.1) is 18.8 Å². The highest BCUT2D eigenvalue weighted by molar-refractivity contribution is 6.30. The van der Waals surface area contributed by atoms with E-state index < -0.39 is 0 Å². The summed E-state index contributed by atoms with van der Waals surface area (Å²) in [5.41, 5.74) is 1.15. The van der Waals surface area contributed by atoms with E-state index in [4.69, 9.17) is 21.6 Å². The van der Waals surface area contributed by atoms with Gasteiger partial charge in [-0.15, -0.1) is 0 Å². The van der Waals surface area contributed by atoms with Gasteiger partial charge in [-0.3, -0.25) is 4.90 Å². The minimum atomic E-state index is 0.0894. The van der Waals surface area contributed by atoms with E-state index in [1.165, 1.54) is 6.08 Å². The monoisotopic (exact) mass is 262 g/mol. The minimum Gasteiger partial charge on any atom is -0.371 e. The summed E-state index contributed by atoms with van der Waals surface area (Å²) in [5, 5.41) is 9.20. The molecule has 0 bridgehead atoms. The highest BCUT2D eigenvalue weighted by Gasteiger charge is 2.20. The molecule has 1 heterocycles. The molecule has 0 spiro atoms. The van der Waals surface area contributed by atoms with Gasteiger partial charge >= 0.3 is 0 Å². The molecule has 1 aromatic carbocycles. The van der Waals surface area contributed by atoms with E-state index in [0.717, 1.165) is 30.2 Å². The van der Waals surface area contributed by atoms with Crippen LogP contribution in [0.25, 0.3) is 0 Å². The van der Waals surface area contributed by atoms with Crippen LogP contribution in [0.15, 0.2) is 36.4 Å². The average Bonchev–Trinajstić information content (AvgIpc) is 2.40. The molecule has 1 aliphatic heterocycles. The van der Waals surface area contributed by atoms with Crippen molar-refractivity contribution in [2.75, 3.05) is 26.2 Å². The molecule has 1 aromatic rings. The third kappa shape index (κ3) is 3.58. The van der Waals surface area contributed by atoms with E-state index in [9.17, 15) is 0 Å². The van der Waals surface area contributed by atoms with Gasteiger partial charge in [0.2, 0.25) is 0 Å². The third-order valence-corrected chi connectivity index (χ3v) is 3.20. The van der Waals surface area contributed by atoms with Crippen LogP contribution in [0.2, 0.25) is 5.02 Å². The topological polar surface area (TPSA) is 36.3 Å². The molecule has 0 N–H and O–H groups in total. The number of nitrogens with zero attached hydrogens (tertiary/aromatic N) is 2. The second-order valence-electron chi connectivity index (χ2n) is 4.20. The molecular weight excluding hydrogens is 248 g/mol. The Hall–Kier alpha value is -1.34. The number of allylic oxidation sites excluding steroid dienone is 1. The molecular formula is C14H15ClN2O. The molecule has 1 saturated heterocycles. The van der Waals surface area contributed by atoms with Crippen LogP contribution in [0.5, 0.6) is 0 Å². The summed E-state index contributed by atoms with van der Waals surface area (Å²) in [4.78, 5) is 2.27. The lowest BCUT2D eigenvalue weighted by molar-refractivity contribution is -0.0260. The molecule has 0 aliphatic carbocycles. The molecule has 18 heavy (non-hydrogen) atoms. The fraction of sp³-hybridized carbons (Fsp3) is 0.357. The molecule has 3 nitrogen and oxygen atoms in total. The van der Waals surface area contributed by atoms with Crippen LogP contribution in [-0.4, -0.2) is 31.1 Å². The second kappa shape index (κ2) is 6.55. The first-order chi connectivity index (χ1) is 8.79. The van der Waals surface area contributed by atoms with Gasteiger partial charge < -0.3 is 4.74 Å². The first-order valence-electron chi connectivity index (χ1n) is 5.93. The Balaban J connectivity index is 1.96. The SMILES string of the molecule is N#CC=CCN1CCOC(c2ccc(Cl)cc2)C1. The highest BCUT2D eigenvalue weighted by atomic mass is 35.5. The number of nitriles is 1. The third-order valence-electron chi connectivity index (χ3n) is 2.95. The molecule has 0 radical (unpaired) electrons. The lowest BCUT2D eigenvalue weighted by Crippen LogP contribution is -2.38. The van der Waals surface area contributed by atoms with Gasteiger partial charge in [-0.05, 0) is 17.7 Å².